The number of nitrogens with zero attached hydrogens (tertiary/aromatic N) is 1. The molecule has 158 valence electrons. The summed E-state index contributed by atoms with van der Waals surface area (Å²) in [7, 11) is 0. The quantitative estimate of drug-likeness (QED) is 0.684. The van der Waals surface area contributed by atoms with Gasteiger partial charge in [0.25, 0.3) is 0 Å². The number of hydrogen-bond acceptors (Lipinski definition) is 2. The van der Waals surface area contributed by atoms with Crippen molar-refractivity contribution in [2.45, 2.75) is 62.4 Å². The Balaban J connectivity index is 1.32. The average Bonchev–Trinajstić information content (AvgIpc) is 2.72. The molecule has 2 heterocycles. The Hall–Kier alpha value is -2.50. The fraction of sp³-hybridized carbons (Fsp3) is 0.458. The summed E-state index contributed by atoms with van der Waals surface area (Å²) >= 11 is 0. The van der Waals surface area contributed by atoms with Crippen LogP contribution in [0.2, 0.25) is 0 Å². The highest BCUT2D eigenvalue weighted by atomic mass is 19.4. The first-order valence-electron chi connectivity index (χ1n) is 10.5. The zero-order chi connectivity index (χ0) is 20.9. The van der Waals surface area contributed by atoms with Gasteiger partial charge in [-0.05, 0) is 66.7 Å². The smallest absolute Gasteiger partial charge is 0.471 e. The number of alkyl halides is 3. The lowest BCUT2D eigenvalue weighted by Gasteiger charge is -2.61. The van der Waals surface area contributed by atoms with Crippen LogP contribution < -0.4 is 4.74 Å². The molecule has 2 saturated carbocycles. The van der Waals surface area contributed by atoms with Crippen molar-refractivity contribution in [2.75, 3.05) is 0 Å². The van der Waals surface area contributed by atoms with Crippen molar-refractivity contribution in [3.63, 3.8) is 0 Å². The molecule has 2 aromatic rings. The third kappa shape index (κ3) is 3.36. The molecule has 6 heteroatoms. The first kappa shape index (κ1) is 19.5. The fourth-order valence-electron chi connectivity index (χ4n) is 6.10. The van der Waals surface area contributed by atoms with Crippen molar-refractivity contribution in [1.29, 1.82) is 0 Å². The summed E-state index contributed by atoms with van der Waals surface area (Å²) in [5.74, 6) is -0.480. The number of ether oxygens (including phenoxy) is 1. The second kappa shape index (κ2) is 7.03. The van der Waals surface area contributed by atoms with E-state index in [2.05, 4.69) is 12.1 Å². The molecule has 1 amide bonds. The molecule has 6 rings (SSSR count). The highest BCUT2D eigenvalue weighted by Crippen LogP contribution is 2.57. The van der Waals surface area contributed by atoms with Crippen LogP contribution in [0.4, 0.5) is 13.2 Å². The van der Waals surface area contributed by atoms with Gasteiger partial charge in [0.15, 0.2) is 0 Å². The Morgan fingerprint density at radius 2 is 1.60 bits per heavy atom. The maximum atomic E-state index is 13.1. The Morgan fingerprint density at radius 1 is 0.967 bits per heavy atom. The van der Waals surface area contributed by atoms with Gasteiger partial charge in [-0.1, -0.05) is 42.5 Å². The van der Waals surface area contributed by atoms with E-state index in [1.165, 1.54) is 0 Å². The van der Waals surface area contributed by atoms with Gasteiger partial charge in [-0.15, -0.1) is 0 Å². The molecule has 4 aliphatic rings. The molecule has 2 aliphatic carbocycles. The summed E-state index contributed by atoms with van der Waals surface area (Å²) in [4.78, 5) is 13.2. The lowest BCUT2D eigenvalue weighted by molar-refractivity contribution is -0.201. The van der Waals surface area contributed by atoms with E-state index in [4.69, 9.17) is 4.74 Å². The molecular formula is C24H24F3NO2. The number of benzene rings is 2. The zero-order valence-electron chi connectivity index (χ0n) is 16.6. The Morgan fingerprint density at radius 3 is 2.20 bits per heavy atom. The van der Waals surface area contributed by atoms with Crippen LogP contribution in [0, 0.1) is 5.92 Å². The van der Waals surface area contributed by atoms with Gasteiger partial charge >= 0.3 is 12.1 Å². The minimum atomic E-state index is -4.79. The van der Waals surface area contributed by atoms with Gasteiger partial charge in [0.1, 0.15) is 12.4 Å². The van der Waals surface area contributed by atoms with Crippen molar-refractivity contribution < 1.29 is 22.7 Å². The molecule has 0 N–H and O–H groups in total. The summed E-state index contributed by atoms with van der Waals surface area (Å²) in [6.07, 6.45) is -1.17. The van der Waals surface area contributed by atoms with Crippen molar-refractivity contribution in [3.8, 4) is 5.75 Å². The second-order valence-electron chi connectivity index (χ2n) is 9.05. The van der Waals surface area contributed by atoms with Gasteiger partial charge in [-0.2, -0.15) is 13.2 Å². The molecule has 4 bridgehead atoms. The molecule has 2 saturated heterocycles. The SMILES string of the molecule is O=C(N1[C@@H]2CC3C[C@H]1CC(c1ccc(OCc4ccccc4)cc1)(C3)C2)C(F)(F)F. The van der Waals surface area contributed by atoms with Gasteiger partial charge in [0.2, 0.25) is 0 Å². The molecule has 0 radical (unpaired) electrons. The van der Waals surface area contributed by atoms with Crippen molar-refractivity contribution >= 4 is 5.91 Å². The maximum Gasteiger partial charge on any atom is 0.471 e. The Bertz CT molecular complexity index is 910. The number of carbonyl (C=O) groups excluding carboxylic acids is 1. The standard InChI is InChI=1S/C24H24F3NO2/c25-24(26,27)22(29)28-19-10-17-11-20(28)14-23(12-17,13-19)18-6-8-21(9-7-18)30-15-16-4-2-1-3-5-16/h1-9,17,19-20H,10-15H2/t17?,19-,20+,23?. The number of halogens is 3. The molecule has 4 atom stereocenters. The van der Waals surface area contributed by atoms with E-state index in [0.29, 0.717) is 38.2 Å². The van der Waals surface area contributed by atoms with Crippen LogP contribution in [0.5, 0.6) is 5.75 Å². The predicted octanol–water partition coefficient (Wildman–Crippen LogP) is 5.24. The number of amides is 1. The fourth-order valence-corrected chi connectivity index (χ4v) is 6.10. The third-order valence-electron chi connectivity index (χ3n) is 7.12. The molecule has 0 spiro atoms. The van der Waals surface area contributed by atoms with Crippen LogP contribution in [-0.4, -0.2) is 29.1 Å². The van der Waals surface area contributed by atoms with Crippen LogP contribution >= 0.6 is 0 Å². The van der Waals surface area contributed by atoms with E-state index in [0.717, 1.165) is 28.2 Å². The van der Waals surface area contributed by atoms with Gasteiger partial charge in [-0.25, -0.2) is 0 Å². The van der Waals surface area contributed by atoms with Gasteiger partial charge in [-0.3, -0.25) is 4.79 Å². The lowest BCUT2D eigenvalue weighted by atomic mass is 9.53. The van der Waals surface area contributed by atoms with Gasteiger partial charge in [0, 0.05) is 12.1 Å². The molecule has 3 nitrogen and oxygen atoms in total. The number of carbonyl (C=O) groups is 1. The first-order valence-corrected chi connectivity index (χ1v) is 10.5. The normalized spacial score (nSPS) is 29.8. The first-order chi connectivity index (χ1) is 14.3. The Kier molecular flexibility index (Phi) is 4.56. The minimum absolute atomic E-state index is 0.128. The van der Waals surface area contributed by atoms with E-state index >= 15 is 0 Å². The minimum Gasteiger partial charge on any atom is -0.489 e. The predicted molar refractivity (Wildman–Crippen MR) is 106 cm³/mol. The molecule has 4 fully saturated rings. The molecule has 2 aromatic carbocycles. The summed E-state index contributed by atoms with van der Waals surface area (Å²) in [5, 5.41) is 0. The van der Waals surface area contributed by atoms with Crippen molar-refractivity contribution in [2.24, 2.45) is 5.92 Å². The highest BCUT2D eigenvalue weighted by molar-refractivity contribution is 5.83. The highest BCUT2D eigenvalue weighted by Gasteiger charge is 2.59. The zero-order valence-corrected chi connectivity index (χ0v) is 16.6. The van der Waals surface area contributed by atoms with E-state index in [9.17, 15) is 18.0 Å². The van der Waals surface area contributed by atoms with E-state index < -0.39 is 12.1 Å². The summed E-state index contributed by atoms with van der Waals surface area (Å²) in [5.41, 5.74) is 2.13. The average molecular weight is 415 g/mol. The van der Waals surface area contributed by atoms with Crippen molar-refractivity contribution in [1.82, 2.24) is 4.90 Å². The van der Waals surface area contributed by atoms with Crippen LogP contribution in [-0.2, 0) is 16.8 Å². The van der Waals surface area contributed by atoms with E-state index in [1.807, 2.05) is 42.5 Å². The summed E-state index contributed by atoms with van der Waals surface area (Å²) in [6, 6.07) is 17.3. The van der Waals surface area contributed by atoms with Crippen LogP contribution in [0.3, 0.4) is 0 Å². The topological polar surface area (TPSA) is 29.5 Å². The molecule has 30 heavy (non-hydrogen) atoms. The summed E-state index contributed by atoms with van der Waals surface area (Å²) in [6.45, 7) is 0.492. The van der Waals surface area contributed by atoms with E-state index in [-0.39, 0.29) is 17.5 Å². The molecule has 0 aromatic heterocycles. The Labute approximate surface area is 173 Å². The molecule has 2 unspecified atom stereocenters. The number of hydrogen-bond donors (Lipinski definition) is 0. The van der Waals surface area contributed by atoms with Crippen molar-refractivity contribution in [3.05, 3.63) is 65.7 Å². The summed E-state index contributed by atoms with van der Waals surface area (Å²) < 4.78 is 45.2. The molecule has 2 aliphatic heterocycles. The van der Waals surface area contributed by atoms with Crippen LogP contribution in [0.25, 0.3) is 0 Å². The number of rotatable bonds is 4. The second-order valence-corrected chi connectivity index (χ2v) is 9.05. The van der Waals surface area contributed by atoms with Crippen LogP contribution in [0.15, 0.2) is 54.6 Å². The third-order valence-corrected chi connectivity index (χ3v) is 7.12. The van der Waals surface area contributed by atoms with Crippen LogP contribution in [0.1, 0.15) is 43.2 Å². The van der Waals surface area contributed by atoms with Gasteiger partial charge < -0.3 is 9.64 Å². The maximum absolute atomic E-state index is 13.1. The lowest BCUT2D eigenvalue weighted by Crippen LogP contribution is -2.66. The monoisotopic (exact) mass is 415 g/mol. The van der Waals surface area contributed by atoms with Gasteiger partial charge in [0.05, 0.1) is 0 Å². The van der Waals surface area contributed by atoms with E-state index in [1.54, 1.807) is 0 Å². The largest absolute Gasteiger partial charge is 0.489 e. The number of piperidine rings is 2. The molecular weight excluding hydrogens is 391 g/mol.